The number of aliphatic hydroxyl groups excluding tert-OH is 1. The van der Waals surface area contributed by atoms with Crippen LogP contribution in [-0.2, 0) is 6.42 Å². The summed E-state index contributed by atoms with van der Waals surface area (Å²) in [5, 5.41) is 13.1. The molecule has 2 N–H and O–H groups in total. The van der Waals surface area contributed by atoms with Crippen LogP contribution < -0.4 is 5.32 Å². The molecule has 0 saturated heterocycles. The van der Waals surface area contributed by atoms with Crippen LogP contribution in [0.5, 0.6) is 0 Å². The summed E-state index contributed by atoms with van der Waals surface area (Å²) in [4.78, 5) is 0. The van der Waals surface area contributed by atoms with Crippen molar-refractivity contribution < 1.29 is 5.11 Å². The summed E-state index contributed by atoms with van der Waals surface area (Å²) in [5.41, 5.74) is 2.41. The molecule has 0 aliphatic carbocycles. The third-order valence-electron chi connectivity index (χ3n) is 3.46. The zero-order valence-corrected chi connectivity index (χ0v) is 15.1. The van der Waals surface area contributed by atoms with Crippen molar-refractivity contribution >= 4 is 31.9 Å². The Hall–Kier alpha value is -0.680. The summed E-state index contributed by atoms with van der Waals surface area (Å²) >= 11 is 7.06. The standard InChI is InChI=1S/C17H19Br2NO/c1-12(16-8-7-14(18)10-17(16)19)20-15(11-21)9-13-5-3-2-4-6-13/h2-8,10,12,15,20-21H,9,11H2,1H3/t12?,15-/m1/s1. The van der Waals surface area contributed by atoms with Gasteiger partial charge in [0.2, 0.25) is 0 Å². The number of rotatable bonds is 6. The maximum Gasteiger partial charge on any atom is 0.0588 e. The fraction of sp³-hybridized carbons (Fsp3) is 0.294. The molecule has 0 aromatic heterocycles. The lowest BCUT2D eigenvalue weighted by molar-refractivity contribution is 0.232. The number of nitrogens with one attached hydrogen (secondary N) is 1. The Labute approximate surface area is 142 Å². The van der Waals surface area contributed by atoms with E-state index in [1.807, 2.05) is 30.3 Å². The summed E-state index contributed by atoms with van der Waals surface area (Å²) in [5.74, 6) is 0. The van der Waals surface area contributed by atoms with Crippen molar-refractivity contribution in [2.45, 2.75) is 25.4 Å². The second-order valence-corrected chi connectivity index (χ2v) is 6.89. The first-order valence-corrected chi connectivity index (χ1v) is 8.54. The molecule has 0 amide bonds. The fourth-order valence-electron chi connectivity index (χ4n) is 2.37. The van der Waals surface area contributed by atoms with Gasteiger partial charge >= 0.3 is 0 Å². The van der Waals surface area contributed by atoms with Crippen molar-refractivity contribution in [3.05, 3.63) is 68.6 Å². The highest BCUT2D eigenvalue weighted by atomic mass is 79.9. The summed E-state index contributed by atoms with van der Waals surface area (Å²) in [6.07, 6.45) is 0.815. The molecule has 0 spiro atoms. The molecule has 2 rings (SSSR count). The Morgan fingerprint density at radius 2 is 1.81 bits per heavy atom. The number of aliphatic hydroxyl groups is 1. The minimum atomic E-state index is 0.0398. The normalized spacial score (nSPS) is 13.9. The SMILES string of the molecule is CC(N[C@@H](CO)Cc1ccccc1)c1ccc(Br)cc1Br. The Morgan fingerprint density at radius 3 is 2.43 bits per heavy atom. The Bertz CT molecular complexity index is 574. The van der Waals surface area contributed by atoms with Gasteiger partial charge in [-0.25, -0.2) is 0 Å². The van der Waals surface area contributed by atoms with E-state index in [2.05, 4.69) is 62.3 Å². The summed E-state index contributed by atoms with van der Waals surface area (Å²) in [6, 6.07) is 16.6. The highest BCUT2D eigenvalue weighted by molar-refractivity contribution is 9.11. The summed E-state index contributed by atoms with van der Waals surface area (Å²) in [7, 11) is 0. The van der Waals surface area contributed by atoms with Crippen molar-refractivity contribution in [1.82, 2.24) is 5.32 Å². The second kappa shape index (κ2) is 8.08. The average molecular weight is 413 g/mol. The lowest BCUT2D eigenvalue weighted by atomic mass is 10.0. The quantitative estimate of drug-likeness (QED) is 0.733. The molecular formula is C17H19Br2NO. The molecular weight excluding hydrogens is 394 g/mol. The lowest BCUT2D eigenvalue weighted by Crippen LogP contribution is -2.36. The van der Waals surface area contributed by atoms with Crippen molar-refractivity contribution in [1.29, 1.82) is 0 Å². The van der Waals surface area contributed by atoms with Gasteiger partial charge in [0, 0.05) is 21.0 Å². The van der Waals surface area contributed by atoms with E-state index in [1.54, 1.807) is 0 Å². The zero-order chi connectivity index (χ0) is 15.2. The van der Waals surface area contributed by atoms with Crippen LogP contribution in [0.1, 0.15) is 24.1 Å². The largest absolute Gasteiger partial charge is 0.395 e. The predicted molar refractivity (Wildman–Crippen MR) is 94.4 cm³/mol. The van der Waals surface area contributed by atoms with Crippen LogP contribution in [0.25, 0.3) is 0 Å². The molecule has 0 bridgehead atoms. The molecule has 0 aliphatic rings. The van der Waals surface area contributed by atoms with E-state index in [4.69, 9.17) is 0 Å². The highest BCUT2D eigenvalue weighted by Gasteiger charge is 2.15. The van der Waals surface area contributed by atoms with Gasteiger partial charge in [-0.1, -0.05) is 68.3 Å². The van der Waals surface area contributed by atoms with Crippen LogP contribution in [0.4, 0.5) is 0 Å². The Kier molecular flexibility index (Phi) is 6.42. The number of halogens is 2. The predicted octanol–water partition coefficient (Wildman–Crippen LogP) is 4.47. The number of benzene rings is 2. The maximum absolute atomic E-state index is 9.61. The van der Waals surface area contributed by atoms with Crippen molar-refractivity contribution in [3.8, 4) is 0 Å². The Balaban J connectivity index is 2.04. The third-order valence-corrected chi connectivity index (χ3v) is 4.64. The zero-order valence-electron chi connectivity index (χ0n) is 11.9. The molecule has 2 aromatic rings. The third kappa shape index (κ3) is 4.92. The van der Waals surface area contributed by atoms with Crippen LogP contribution in [0.15, 0.2) is 57.5 Å². The molecule has 0 aliphatic heterocycles. The first kappa shape index (κ1) is 16.7. The van der Waals surface area contributed by atoms with Gasteiger partial charge in [-0.05, 0) is 36.6 Å². The molecule has 0 saturated carbocycles. The lowest BCUT2D eigenvalue weighted by Gasteiger charge is -2.23. The van der Waals surface area contributed by atoms with E-state index in [9.17, 15) is 5.11 Å². The molecule has 2 nitrogen and oxygen atoms in total. The number of hydrogen-bond acceptors (Lipinski definition) is 2. The Morgan fingerprint density at radius 1 is 1.10 bits per heavy atom. The van der Waals surface area contributed by atoms with Gasteiger partial charge in [0.1, 0.15) is 0 Å². The summed E-state index contributed by atoms with van der Waals surface area (Å²) in [6.45, 7) is 2.23. The van der Waals surface area contributed by atoms with Gasteiger partial charge < -0.3 is 10.4 Å². The molecule has 0 heterocycles. The van der Waals surface area contributed by atoms with E-state index in [1.165, 1.54) is 11.1 Å². The maximum atomic E-state index is 9.61. The van der Waals surface area contributed by atoms with E-state index in [0.717, 1.165) is 15.4 Å². The topological polar surface area (TPSA) is 32.3 Å². The van der Waals surface area contributed by atoms with Crippen LogP contribution in [0.2, 0.25) is 0 Å². The molecule has 21 heavy (non-hydrogen) atoms. The minimum absolute atomic E-state index is 0.0398. The van der Waals surface area contributed by atoms with Gasteiger partial charge in [0.15, 0.2) is 0 Å². The average Bonchev–Trinajstić information content (AvgIpc) is 2.47. The van der Waals surface area contributed by atoms with Crippen molar-refractivity contribution in [3.63, 3.8) is 0 Å². The molecule has 0 fully saturated rings. The second-order valence-electron chi connectivity index (χ2n) is 5.12. The van der Waals surface area contributed by atoms with Gasteiger partial charge in [0.25, 0.3) is 0 Å². The minimum Gasteiger partial charge on any atom is -0.395 e. The van der Waals surface area contributed by atoms with Gasteiger partial charge in [-0.2, -0.15) is 0 Å². The molecule has 2 aromatic carbocycles. The first-order valence-electron chi connectivity index (χ1n) is 6.96. The molecule has 0 radical (unpaired) electrons. The van der Waals surface area contributed by atoms with E-state index < -0.39 is 0 Å². The van der Waals surface area contributed by atoms with Crippen LogP contribution in [0.3, 0.4) is 0 Å². The van der Waals surface area contributed by atoms with E-state index in [-0.39, 0.29) is 18.7 Å². The van der Waals surface area contributed by atoms with E-state index in [0.29, 0.717) is 0 Å². The molecule has 4 heteroatoms. The van der Waals surface area contributed by atoms with Crippen LogP contribution >= 0.6 is 31.9 Å². The highest BCUT2D eigenvalue weighted by Crippen LogP contribution is 2.27. The molecule has 112 valence electrons. The van der Waals surface area contributed by atoms with E-state index >= 15 is 0 Å². The summed E-state index contributed by atoms with van der Waals surface area (Å²) < 4.78 is 2.11. The van der Waals surface area contributed by atoms with Gasteiger partial charge in [-0.3, -0.25) is 0 Å². The van der Waals surface area contributed by atoms with Gasteiger partial charge in [0.05, 0.1) is 6.61 Å². The molecule has 1 unspecified atom stereocenters. The first-order chi connectivity index (χ1) is 10.1. The number of hydrogen-bond donors (Lipinski definition) is 2. The van der Waals surface area contributed by atoms with Crippen LogP contribution in [0, 0.1) is 0 Å². The van der Waals surface area contributed by atoms with Gasteiger partial charge in [-0.15, -0.1) is 0 Å². The monoisotopic (exact) mass is 411 g/mol. The smallest absolute Gasteiger partial charge is 0.0588 e. The fourth-order valence-corrected chi connectivity index (χ4v) is 3.76. The van der Waals surface area contributed by atoms with Crippen molar-refractivity contribution in [2.75, 3.05) is 6.61 Å². The van der Waals surface area contributed by atoms with Crippen LogP contribution in [-0.4, -0.2) is 17.8 Å². The van der Waals surface area contributed by atoms with Crippen molar-refractivity contribution in [2.24, 2.45) is 0 Å². The molecule has 2 atom stereocenters.